The zero-order valence-corrected chi connectivity index (χ0v) is 18.1. The van der Waals surface area contributed by atoms with Gasteiger partial charge in [-0.1, -0.05) is 17.3 Å². The summed E-state index contributed by atoms with van der Waals surface area (Å²) in [4.78, 5) is 41.8. The molecule has 1 N–H and O–H groups in total. The molecule has 2 aromatic heterocycles. The normalized spacial score (nSPS) is 10.7. The number of ether oxygens (including phenoxy) is 2. The molecule has 4 aromatic rings. The number of esters is 1. The van der Waals surface area contributed by atoms with Crippen LogP contribution >= 0.6 is 0 Å². The van der Waals surface area contributed by atoms with Crippen LogP contribution < -0.4 is 10.1 Å². The molecule has 9 nitrogen and oxygen atoms in total. The summed E-state index contributed by atoms with van der Waals surface area (Å²) in [6, 6.07) is 13.3. The summed E-state index contributed by atoms with van der Waals surface area (Å²) >= 11 is 0. The van der Waals surface area contributed by atoms with E-state index in [9.17, 15) is 18.8 Å². The number of benzene rings is 2. The third-order valence-electron chi connectivity index (χ3n) is 4.92. The van der Waals surface area contributed by atoms with Crippen LogP contribution in [0.1, 0.15) is 26.4 Å². The number of fused-ring (bicyclic) bond motifs is 1. The van der Waals surface area contributed by atoms with Crippen LogP contribution in [0.25, 0.3) is 22.4 Å². The van der Waals surface area contributed by atoms with Crippen molar-refractivity contribution in [1.29, 1.82) is 0 Å². The zero-order valence-electron chi connectivity index (χ0n) is 18.1. The van der Waals surface area contributed by atoms with Gasteiger partial charge >= 0.3 is 5.97 Å². The third kappa shape index (κ3) is 4.60. The van der Waals surface area contributed by atoms with Crippen molar-refractivity contribution >= 4 is 28.9 Å². The fourth-order valence-corrected chi connectivity index (χ4v) is 3.30. The summed E-state index contributed by atoms with van der Waals surface area (Å²) in [6.07, 6.45) is 0. The van der Waals surface area contributed by atoms with Crippen molar-refractivity contribution < 1.29 is 32.8 Å². The molecule has 0 aliphatic rings. The average Bonchev–Trinajstić information content (AvgIpc) is 3.23. The number of amides is 2. The number of nitrogens with zero attached hydrogens (tertiary/aromatic N) is 2. The molecule has 0 atom stereocenters. The van der Waals surface area contributed by atoms with Crippen molar-refractivity contribution in [2.75, 3.05) is 13.7 Å². The van der Waals surface area contributed by atoms with E-state index in [0.29, 0.717) is 28.1 Å². The van der Waals surface area contributed by atoms with E-state index >= 15 is 0 Å². The van der Waals surface area contributed by atoms with Crippen molar-refractivity contribution in [3.63, 3.8) is 0 Å². The van der Waals surface area contributed by atoms with Crippen LogP contribution in [0, 0.1) is 12.7 Å². The first-order valence-corrected chi connectivity index (χ1v) is 10.0. The molecular formula is C24H18FN3O6. The van der Waals surface area contributed by atoms with Gasteiger partial charge in [0, 0.05) is 5.56 Å². The van der Waals surface area contributed by atoms with Gasteiger partial charge in [-0.15, -0.1) is 0 Å². The Morgan fingerprint density at radius 2 is 1.79 bits per heavy atom. The number of aryl methyl sites for hydroxylation is 1. The number of pyridine rings is 1. The lowest BCUT2D eigenvalue weighted by atomic mass is 10.1. The highest BCUT2D eigenvalue weighted by Crippen LogP contribution is 2.27. The van der Waals surface area contributed by atoms with Gasteiger partial charge in [0.05, 0.1) is 35.0 Å². The molecule has 0 radical (unpaired) electrons. The van der Waals surface area contributed by atoms with Gasteiger partial charge in [-0.05, 0) is 49.4 Å². The molecular weight excluding hydrogens is 445 g/mol. The number of para-hydroxylation sites is 1. The highest BCUT2D eigenvalue weighted by atomic mass is 19.1. The average molecular weight is 463 g/mol. The predicted octanol–water partition coefficient (Wildman–Crippen LogP) is 3.46. The number of methoxy groups -OCH3 is 1. The van der Waals surface area contributed by atoms with Crippen LogP contribution in [0.3, 0.4) is 0 Å². The Hall–Kier alpha value is -4.60. The second-order valence-corrected chi connectivity index (χ2v) is 7.16. The minimum atomic E-state index is -0.845. The Morgan fingerprint density at radius 1 is 1.06 bits per heavy atom. The second-order valence-electron chi connectivity index (χ2n) is 7.16. The van der Waals surface area contributed by atoms with Crippen LogP contribution in [0.4, 0.5) is 4.39 Å². The molecule has 0 unspecified atom stereocenters. The number of rotatable bonds is 6. The summed E-state index contributed by atoms with van der Waals surface area (Å²) in [7, 11) is 1.40. The number of hydrogen-bond donors (Lipinski definition) is 1. The molecule has 172 valence electrons. The van der Waals surface area contributed by atoms with Gasteiger partial charge in [0.1, 0.15) is 11.6 Å². The molecule has 2 amide bonds. The first kappa shape index (κ1) is 22.6. The number of carbonyl (C=O) groups is 3. The number of halogens is 1. The fourth-order valence-electron chi connectivity index (χ4n) is 3.30. The van der Waals surface area contributed by atoms with Crippen molar-refractivity contribution in [2.24, 2.45) is 0 Å². The molecule has 2 aromatic carbocycles. The fraction of sp³-hybridized carbons (Fsp3) is 0.125. The molecule has 0 saturated heterocycles. The van der Waals surface area contributed by atoms with E-state index in [2.05, 4.69) is 15.5 Å². The van der Waals surface area contributed by atoms with E-state index < -0.39 is 30.2 Å². The number of nitrogens with one attached hydrogen (secondary N) is 1. The number of aromatic nitrogens is 2. The van der Waals surface area contributed by atoms with Crippen molar-refractivity contribution in [3.05, 3.63) is 77.2 Å². The topological polar surface area (TPSA) is 121 Å². The highest BCUT2D eigenvalue weighted by molar-refractivity contribution is 6.08. The van der Waals surface area contributed by atoms with E-state index in [-0.39, 0.29) is 16.8 Å². The molecule has 0 aliphatic heterocycles. The lowest BCUT2D eigenvalue weighted by Gasteiger charge is -2.09. The summed E-state index contributed by atoms with van der Waals surface area (Å²) in [5, 5.41) is 6.30. The van der Waals surface area contributed by atoms with E-state index in [4.69, 9.17) is 14.0 Å². The molecule has 10 heteroatoms. The minimum absolute atomic E-state index is 0.0620. The van der Waals surface area contributed by atoms with Crippen LogP contribution in [0.5, 0.6) is 5.75 Å². The van der Waals surface area contributed by atoms with E-state index in [1.165, 1.54) is 43.5 Å². The molecule has 0 fully saturated rings. The maximum atomic E-state index is 13.3. The van der Waals surface area contributed by atoms with E-state index in [0.717, 1.165) is 0 Å². The lowest BCUT2D eigenvalue weighted by molar-refractivity contribution is -0.123. The second kappa shape index (κ2) is 9.49. The Bertz CT molecular complexity index is 1400. The molecule has 2 heterocycles. The summed E-state index contributed by atoms with van der Waals surface area (Å²) in [6.45, 7) is 0.917. The largest absolute Gasteiger partial charge is 0.496 e. The molecule has 34 heavy (non-hydrogen) atoms. The molecule has 0 saturated carbocycles. The Labute approximate surface area is 192 Å². The Kier molecular flexibility index (Phi) is 6.30. The maximum absolute atomic E-state index is 13.3. The Balaban J connectivity index is 1.52. The maximum Gasteiger partial charge on any atom is 0.339 e. The smallest absolute Gasteiger partial charge is 0.339 e. The number of carbonyl (C=O) groups excluding carboxylic acids is 3. The molecule has 0 bridgehead atoms. The molecule has 0 spiro atoms. The summed E-state index contributed by atoms with van der Waals surface area (Å²) in [5.74, 6) is -2.50. The quantitative estimate of drug-likeness (QED) is 0.432. The first-order valence-electron chi connectivity index (χ1n) is 10.0. The van der Waals surface area contributed by atoms with Crippen LogP contribution in [0.2, 0.25) is 0 Å². The molecule has 4 rings (SSSR count). The Morgan fingerprint density at radius 3 is 2.53 bits per heavy atom. The van der Waals surface area contributed by atoms with Gasteiger partial charge in [-0.25, -0.2) is 14.2 Å². The van der Waals surface area contributed by atoms with Gasteiger partial charge in [-0.2, -0.15) is 0 Å². The van der Waals surface area contributed by atoms with E-state index in [1.54, 1.807) is 25.1 Å². The molecule has 0 aliphatic carbocycles. The van der Waals surface area contributed by atoms with Crippen LogP contribution in [0.15, 0.2) is 59.1 Å². The van der Waals surface area contributed by atoms with Gasteiger partial charge in [0.25, 0.3) is 17.5 Å². The zero-order chi connectivity index (χ0) is 24.2. The highest BCUT2D eigenvalue weighted by Gasteiger charge is 2.22. The monoisotopic (exact) mass is 463 g/mol. The van der Waals surface area contributed by atoms with Gasteiger partial charge < -0.3 is 14.0 Å². The van der Waals surface area contributed by atoms with Crippen molar-refractivity contribution in [3.8, 4) is 17.0 Å². The standard InChI is InChI=1S/C24H18FN3O6/c1-13-21-17(11-18(26-23(21)34-28-13)14-7-9-15(25)10-8-14)24(31)33-12-20(29)27-22(30)16-5-3-4-6-19(16)32-2/h3-11H,12H2,1-2H3,(H,27,29,30). The SMILES string of the molecule is COc1ccccc1C(=O)NC(=O)COC(=O)c1cc(-c2ccc(F)cc2)nc2onc(C)c12. The van der Waals surface area contributed by atoms with Gasteiger partial charge in [0.15, 0.2) is 6.61 Å². The van der Waals surface area contributed by atoms with Gasteiger partial charge in [-0.3, -0.25) is 14.9 Å². The van der Waals surface area contributed by atoms with E-state index in [1.807, 2.05) is 0 Å². The summed E-state index contributed by atoms with van der Waals surface area (Å²) in [5.41, 5.74) is 1.56. The number of imide groups is 1. The minimum Gasteiger partial charge on any atom is -0.496 e. The van der Waals surface area contributed by atoms with Crippen LogP contribution in [-0.2, 0) is 9.53 Å². The predicted molar refractivity (Wildman–Crippen MR) is 118 cm³/mol. The van der Waals surface area contributed by atoms with Crippen molar-refractivity contribution in [1.82, 2.24) is 15.5 Å². The number of hydrogen-bond acceptors (Lipinski definition) is 8. The van der Waals surface area contributed by atoms with Gasteiger partial charge in [0.2, 0.25) is 0 Å². The van der Waals surface area contributed by atoms with Crippen molar-refractivity contribution in [2.45, 2.75) is 6.92 Å². The summed E-state index contributed by atoms with van der Waals surface area (Å²) < 4.78 is 28.7. The third-order valence-corrected chi connectivity index (χ3v) is 4.92. The first-order chi connectivity index (χ1) is 16.4. The lowest BCUT2D eigenvalue weighted by Crippen LogP contribution is -2.34. The van der Waals surface area contributed by atoms with Crippen LogP contribution in [-0.4, -0.2) is 41.6 Å².